The number of methoxy groups -OCH3 is 1. The van der Waals surface area contributed by atoms with Crippen molar-refractivity contribution in [1.29, 1.82) is 0 Å². The van der Waals surface area contributed by atoms with Crippen LogP contribution in [0.15, 0.2) is 36.4 Å². The molecule has 0 aliphatic carbocycles. The molecule has 0 radical (unpaired) electrons. The number of Topliss-reactive ketones (excluding diaryl/α,β-unsaturated/α-hetero) is 1. The van der Waals surface area contributed by atoms with E-state index in [-0.39, 0.29) is 11.7 Å². The molecule has 1 aliphatic heterocycles. The molecule has 1 aliphatic rings. The van der Waals surface area contributed by atoms with Crippen molar-refractivity contribution < 1.29 is 23.9 Å². The smallest absolute Gasteiger partial charge is 0.322 e. The van der Waals surface area contributed by atoms with E-state index in [0.29, 0.717) is 30.8 Å². The molecule has 2 rings (SSSR count). The Bertz CT molecular complexity index is 783. The third-order valence-corrected chi connectivity index (χ3v) is 5.39. The van der Waals surface area contributed by atoms with Gasteiger partial charge >= 0.3 is 5.97 Å². The fourth-order valence-corrected chi connectivity index (χ4v) is 3.72. The van der Waals surface area contributed by atoms with E-state index in [2.05, 4.69) is 25.7 Å². The van der Waals surface area contributed by atoms with Crippen LogP contribution in [0.3, 0.4) is 0 Å². The lowest BCUT2D eigenvalue weighted by molar-refractivity contribution is -0.176. The number of aryl methyl sites for hydroxylation is 1. The molecule has 1 saturated heterocycles. The number of carbonyl (C=O) groups is 3. The van der Waals surface area contributed by atoms with Crippen LogP contribution in [0.1, 0.15) is 46.1 Å². The van der Waals surface area contributed by atoms with Gasteiger partial charge in [-0.1, -0.05) is 32.6 Å². The Balaban J connectivity index is 2.20. The van der Waals surface area contributed by atoms with E-state index in [1.165, 1.54) is 14.0 Å². The molecule has 1 aromatic rings. The number of esters is 1. The number of amides is 1. The predicted molar refractivity (Wildman–Crippen MR) is 111 cm³/mol. The molecule has 0 spiro atoms. The standard InChI is InChI=1S/C23H31NO5/c1-14(2)13-19-15(3)21(26)23(5,22(27)28-6)20(29-19)12-9-17-7-10-18(11-8-17)24-16(4)25/h7-8,10-11,14,19-20H,3,9,12-13H2,1-2,4-6H3,(H,24,25)/t19-,20+,23+/m0/s1. The van der Waals surface area contributed by atoms with Gasteiger partial charge in [-0.2, -0.15) is 0 Å². The van der Waals surface area contributed by atoms with Crippen LogP contribution < -0.4 is 5.32 Å². The molecule has 1 amide bonds. The highest BCUT2D eigenvalue weighted by Gasteiger charge is 2.55. The van der Waals surface area contributed by atoms with Gasteiger partial charge in [0.15, 0.2) is 11.2 Å². The fraction of sp³-hybridized carbons (Fsp3) is 0.522. The second-order valence-corrected chi connectivity index (χ2v) is 8.21. The zero-order chi connectivity index (χ0) is 21.8. The number of nitrogens with one attached hydrogen (secondary N) is 1. The zero-order valence-electron chi connectivity index (χ0n) is 17.9. The molecule has 6 heteroatoms. The van der Waals surface area contributed by atoms with Crippen LogP contribution >= 0.6 is 0 Å². The molecular formula is C23H31NO5. The van der Waals surface area contributed by atoms with Gasteiger partial charge in [0, 0.05) is 18.2 Å². The number of anilines is 1. The van der Waals surface area contributed by atoms with E-state index in [9.17, 15) is 14.4 Å². The molecule has 6 nitrogen and oxygen atoms in total. The lowest BCUT2D eigenvalue weighted by atomic mass is 9.71. The van der Waals surface area contributed by atoms with Crippen LogP contribution in [-0.4, -0.2) is 37.0 Å². The van der Waals surface area contributed by atoms with Crippen molar-refractivity contribution >= 4 is 23.3 Å². The van der Waals surface area contributed by atoms with Gasteiger partial charge in [0.25, 0.3) is 0 Å². The quantitative estimate of drug-likeness (QED) is 0.428. The molecule has 3 atom stereocenters. The fourth-order valence-electron chi connectivity index (χ4n) is 3.72. The summed E-state index contributed by atoms with van der Waals surface area (Å²) >= 11 is 0. The van der Waals surface area contributed by atoms with Crippen molar-refractivity contribution in [2.75, 3.05) is 12.4 Å². The van der Waals surface area contributed by atoms with Crippen molar-refractivity contribution in [3.8, 4) is 0 Å². The molecular weight excluding hydrogens is 370 g/mol. The van der Waals surface area contributed by atoms with Crippen molar-refractivity contribution in [3.05, 3.63) is 42.0 Å². The highest BCUT2D eigenvalue weighted by atomic mass is 16.5. The molecule has 0 bridgehead atoms. The van der Waals surface area contributed by atoms with Gasteiger partial charge in [0.05, 0.1) is 19.3 Å². The van der Waals surface area contributed by atoms with E-state index < -0.39 is 23.6 Å². The van der Waals surface area contributed by atoms with Gasteiger partial charge in [-0.15, -0.1) is 0 Å². The molecule has 1 aromatic carbocycles. The summed E-state index contributed by atoms with van der Waals surface area (Å²) in [6.07, 6.45) is 0.771. The summed E-state index contributed by atoms with van der Waals surface area (Å²) in [5, 5.41) is 2.73. The molecule has 0 saturated carbocycles. The van der Waals surface area contributed by atoms with E-state index in [0.717, 1.165) is 11.3 Å². The van der Waals surface area contributed by atoms with Crippen LogP contribution in [-0.2, 0) is 30.3 Å². The second-order valence-electron chi connectivity index (χ2n) is 8.21. The van der Waals surface area contributed by atoms with Gasteiger partial charge < -0.3 is 14.8 Å². The van der Waals surface area contributed by atoms with E-state index in [1.54, 1.807) is 6.92 Å². The Morgan fingerprint density at radius 2 is 1.90 bits per heavy atom. The van der Waals surface area contributed by atoms with Crippen LogP contribution in [0, 0.1) is 11.3 Å². The number of hydrogen-bond donors (Lipinski definition) is 1. The van der Waals surface area contributed by atoms with Crippen LogP contribution in [0.2, 0.25) is 0 Å². The van der Waals surface area contributed by atoms with E-state index in [4.69, 9.17) is 9.47 Å². The van der Waals surface area contributed by atoms with Gasteiger partial charge in [-0.3, -0.25) is 14.4 Å². The first kappa shape index (κ1) is 22.8. The first-order chi connectivity index (χ1) is 13.6. The molecule has 1 heterocycles. The average Bonchev–Trinajstić information content (AvgIpc) is 2.67. The second kappa shape index (κ2) is 9.35. The maximum absolute atomic E-state index is 13.1. The number of carbonyl (C=O) groups excluding carboxylic acids is 3. The minimum atomic E-state index is -1.41. The monoisotopic (exact) mass is 401 g/mol. The summed E-state index contributed by atoms with van der Waals surface area (Å²) in [7, 11) is 1.28. The van der Waals surface area contributed by atoms with Crippen molar-refractivity contribution in [3.63, 3.8) is 0 Å². The number of benzene rings is 1. The van der Waals surface area contributed by atoms with Gasteiger partial charge in [-0.25, -0.2) is 0 Å². The third kappa shape index (κ3) is 5.12. The maximum Gasteiger partial charge on any atom is 0.322 e. The Morgan fingerprint density at radius 1 is 1.28 bits per heavy atom. The summed E-state index contributed by atoms with van der Waals surface area (Å²) in [6.45, 7) is 11.1. The van der Waals surface area contributed by atoms with Gasteiger partial charge in [-0.05, 0) is 49.8 Å². The third-order valence-electron chi connectivity index (χ3n) is 5.39. The van der Waals surface area contributed by atoms with E-state index >= 15 is 0 Å². The minimum absolute atomic E-state index is 0.128. The molecule has 0 aromatic heterocycles. The minimum Gasteiger partial charge on any atom is -0.468 e. The van der Waals surface area contributed by atoms with Gasteiger partial charge in [0.1, 0.15) is 0 Å². The highest BCUT2D eigenvalue weighted by molar-refractivity contribution is 6.13. The number of ketones is 1. The zero-order valence-corrected chi connectivity index (χ0v) is 17.9. The summed E-state index contributed by atoms with van der Waals surface area (Å²) in [5.74, 6) is -0.698. The Kier molecular flexibility index (Phi) is 7.36. The molecule has 1 fully saturated rings. The lowest BCUT2D eigenvalue weighted by Crippen LogP contribution is -2.55. The van der Waals surface area contributed by atoms with Crippen LogP contribution in [0.5, 0.6) is 0 Å². The van der Waals surface area contributed by atoms with Crippen LogP contribution in [0.25, 0.3) is 0 Å². The lowest BCUT2D eigenvalue weighted by Gasteiger charge is -2.42. The molecule has 29 heavy (non-hydrogen) atoms. The predicted octanol–water partition coefficient (Wildman–Crippen LogP) is 3.70. The largest absolute Gasteiger partial charge is 0.468 e. The first-order valence-corrected chi connectivity index (χ1v) is 9.93. The maximum atomic E-state index is 13.1. The Labute approximate surface area is 172 Å². The van der Waals surface area contributed by atoms with E-state index in [1.807, 2.05) is 24.3 Å². The van der Waals surface area contributed by atoms with Crippen molar-refractivity contribution in [2.45, 2.75) is 59.2 Å². The summed E-state index contributed by atoms with van der Waals surface area (Å²) in [5.41, 5.74) is 0.669. The van der Waals surface area contributed by atoms with Crippen molar-refractivity contribution in [1.82, 2.24) is 0 Å². The van der Waals surface area contributed by atoms with Gasteiger partial charge in [0.2, 0.25) is 5.91 Å². The average molecular weight is 402 g/mol. The van der Waals surface area contributed by atoms with Crippen molar-refractivity contribution in [2.24, 2.45) is 11.3 Å². The Morgan fingerprint density at radius 3 is 2.41 bits per heavy atom. The summed E-state index contributed by atoms with van der Waals surface area (Å²) in [6, 6.07) is 7.48. The number of hydrogen-bond acceptors (Lipinski definition) is 5. The first-order valence-electron chi connectivity index (χ1n) is 9.93. The molecule has 0 unspecified atom stereocenters. The molecule has 1 N–H and O–H groups in total. The summed E-state index contributed by atoms with van der Waals surface area (Å²) in [4.78, 5) is 36.8. The number of ether oxygens (including phenoxy) is 2. The highest BCUT2D eigenvalue weighted by Crippen LogP contribution is 2.40. The Hall–Kier alpha value is -2.47. The normalized spacial score (nSPS) is 24.5. The number of rotatable bonds is 7. The molecule has 158 valence electrons. The van der Waals surface area contributed by atoms with Crippen LogP contribution in [0.4, 0.5) is 5.69 Å². The SMILES string of the molecule is C=C1C(=O)[C@](C)(C(=O)OC)[C@@H](CCc2ccc(NC(C)=O)cc2)O[C@H]1CC(C)C. The topological polar surface area (TPSA) is 81.7 Å². The summed E-state index contributed by atoms with van der Waals surface area (Å²) < 4.78 is 11.2.